The van der Waals surface area contributed by atoms with Crippen LogP contribution in [0, 0.1) is 18.7 Å². The minimum atomic E-state index is -0.755. The molecule has 1 saturated carbocycles. The largest absolute Gasteiger partial charge is 0.487 e. The number of alkyl carbamates (subject to hydrolysis) is 1. The molecule has 0 unspecified atom stereocenters. The highest BCUT2D eigenvalue weighted by Gasteiger charge is 2.53. The molecular weight excluding hydrogens is 481 g/mol. The average molecular weight is 516 g/mol. The lowest BCUT2D eigenvalue weighted by atomic mass is 9.96. The molecule has 9 nitrogen and oxygen atoms in total. The van der Waals surface area contributed by atoms with E-state index in [0.29, 0.717) is 41.0 Å². The number of aromatic nitrogens is 1. The summed E-state index contributed by atoms with van der Waals surface area (Å²) in [7, 11) is 1.21. The zero-order valence-electron chi connectivity index (χ0n) is 22.2. The number of anilines is 1. The number of amides is 1. The number of benzene rings is 1. The van der Waals surface area contributed by atoms with E-state index in [9.17, 15) is 14.4 Å². The van der Waals surface area contributed by atoms with Crippen molar-refractivity contribution in [3.63, 3.8) is 0 Å². The highest BCUT2D eigenvalue weighted by molar-refractivity contribution is 5.99. The zero-order chi connectivity index (χ0) is 26.9. The first-order valence-corrected chi connectivity index (χ1v) is 12.8. The Morgan fingerprint density at radius 1 is 1.27 bits per heavy atom. The molecule has 2 atom stereocenters. The van der Waals surface area contributed by atoms with Crippen LogP contribution < -0.4 is 20.5 Å². The van der Waals surface area contributed by atoms with Crippen LogP contribution in [-0.2, 0) is 9.47 Å². The molecule has 1 aliphatic carbocycles. The number of nitrogens with one attached hydrogen (secondary N) is 1. The molecule has 1 aromatic carbocycles. The molecule has 200 valence electrons. The fourth-order valence-electron chi connectivity index (χ4n) is 5.73. The Kier molecular flexibility index (Phi) is 5.91. The molecule has 2 fully saturated rings. The third kappa shape index (κ3) is 4.20. The molecule has 0 spiro atoms. The van der Waals surface area contributed by atoms with E-state index in [1.165, 1.54) is 17.7 Å². The fourth-order valence-corrected chi connectivity index (χ4v) is 5.73. The lowest BCUT2D eigenvalue weighted by Crippen LogP contribution is -2.46. The third-order valence-corrected chi connectivity index (χ3v) is 7.74. The number of aryl methyl sites for hydroxylation is 1. The van der Waals surface area contributed by atoms with Crippen LogP contribution in [0.25, 0.3) is 10.9 Å². The van der Waals surface area contributed by atoms with Gasteiger partial charge in [0.05, 0.1) is 18.7 Å². The van der Waals surface area contributed by atoms with Gasteiger partial charge in [-0.3, -0.25) is 9.36 Å². The van der Waals surface area contributed by atoms with Gasteiger partial charge in [0.25, 0.3) is 5.56 Å². The number of carbonyl (C=O) groups excluding carboxylic acids is 2. The number of ether oxygens (including phenoxy) is 3. The Hall–Kier alpha value is -3.30. The summed E-state index contributed by atoms with van der Waals surface area (Å²) in [5.74, 6) is -0.762. The van der Waals surface area contributed by atoms with Crippen molar-refractivity contribution in [2.75, 3.05) is 31.7 Å². The van der Waals surface area contributed by atoms with Crippen LogP contribution in [0.1, 0.15) is 68.9 Å². The summed E-state index contributed by atoms with van der Waals surface area (Å²) in [6.45, 7) is 10.2. The van der Waals surface area contributed by atoms with Gasteiger partial charge in [-0.2, -0.15) is 0 Å². The quantitative estimate of drug-likeness (QED) is 0.613. The average Bonchev–Trinajstić information content (AvgIpc) is 3.42. The van der Waals surface area contributed by atoms with Gasteiger partial charge in [-0.15, -0.1) is 0 Å². The molecule has 0 radical (unpaired) electrons. The summed E-state index contributed by atoms with van der Waals surface area (Å²) in [6.07, 6.45) is 2.03. The van der Waals surface area contributed by atoms with Gasteiger partial charge in [-0.1, -0.05) is 0 Å². The molecule has 3 heterocycles. The van der Waals surface area contributed by atoms with E-state index in [2.05, 4.69) is 5.32 Å². The van der Waals surface area contributed by atoms with E-state index < -0.39 is 29.0 Å². The lowest BCUT2D eigenvalue weighted by molar-refractivity contribution is 0.0476. The van der Waals surface area contributed by atoms with Crippen LogP contribution in [0.3, 0.4) is 0 Å². The highest BCUT2D eigenvalue weighted by Crippen LogP contribution is 2.50. The van der Waals surface area contributed by atoms with Gasteiger partial charge in [0.1, 0.15) is 23.5 Å². The van der Waals surface area contributed by atoms with Crippen molar-refractivity contribution in [2.45, 2.75) is 71.1 Å². The summed E-state index contributed by atoms with van der Waals surface area (Å²) in [5.41, 5.74) is -0.408. The summed E-state index contributed by atoms with van der Waals surface area (Å²) < 4.78 is 33.9. The summed E-state index contributed by atoms with van der Waals surface area (Å²) in [6, 6.07) is 1.06. The third-order valence-electron chi connectivity index (χ3n) is 7.74. The van der Waals surface area contributed by atoms with Gasteiger partial charge >= 0.3 is 12.1 Å². The number of methoxy groups -OCH3 is 1. The normalized spacial score (nSPS) is 22.0. The Morgan fingerprint density at radius 2 is 1.97 bits per heavy atom. The molecule has 37 heavy (non-hydrogen) atoms. The van der Waals surface area contributed by atoms with E-state index in [4.69, 9.17) is 14.2 Å². The molecule has 2 aliphatic heterocycles. The van der Waals surface area contributed by atoms with Crippen LogP contribution in [0.15, 0.2) is 10.9 Å². The van der Waals surface area contributed by atoms with E-state index in [-0.39, 0.29) is 29.7 Å². The minimum Gasteiger partial charge on any atom is -0.487 e. The molecule has 1 aromatic heterocycles. The van der Waals surface area contributed by atoms with Crippen LogP contribution in [-0.4, -0.2) is 54.6 Å². The molecule has 10 heteroatoms. The second-order valence-corrected chi connectivity index (χ2v) is 11.5. The first kappa shape index (κ1) is 25.4. The van der Waals surface area contributed by atoms with Crippen LogP contribution >= 0.6 is 0 Å². The molecule has 0 bridgehead atoms. The standard InChI is InChI=1S/C27H34FN3O6/c1-14-13-36-22-20-17(11-18(24(33)35-6)23(32)31(14)20)15(2)19(28)21(22)30-10-7-16(12-30)27(8-9-27)29-25(34)37-26(3,4)5/h11,14,16H,7-10,12-13H2,1-6H3,(H,29,34)/t14-,16+/m0/s1. The SMILES string of the molecule is COC(=O)c1cc2c(C)c(F)c(N3CC[C@@H](C4(NC(=O)OC(C)(C)C)CC4)C3)c3c2n(c1=O)[C@@H](C)CO3. The van der Waals surface area contributed by atoms with Gasteiger partial charge < -0.3 is 24.4 Å². The number of hydrogen-bond acceptors (Lipinski definition) is 7. The predicted octanol–water partition coefficient (Wildman–Crippen LogP) is 4.07. The van der Waals surface area contributed by atoms with Crippen molar-refractivity contribution in [1.29, 1.82) is 0 Å². The number of hydrogen-bond donors (Lipinski definition) is 1. The van der Waals surface area contributed by atoms with Gasteiger partial charge in [0.2, 0.25) is 0 Å². The smallest absolute Gasteiger partial charge is 0.408 e. The minimum absolute atomic E-state index is 0.119. The van der Waals surface area contributed by atoms with Crippen LogP contribution in [0.4, 0.5) is 14.9 Å². The van der Waals surface area contributed by atoms with E-state index in [0.717, 1.165) is 19.3 Å². The Labute approximate surface area is 214 Å². The Morgan fingerprint density at radius 3 is 2.59 bits per heavy atom. The van der Waals surface area contributed by atoms with Crippen molar-refractivity contribution >= 4 is 28.7 Å². The maximum Gasteiger partial charge on any atom is 0.408 e. The fraction of sp³-hybridized carbons (Fsp3) is 0.593. The Bertz CT molecular complexity index is 1360. The molecule has 1 N–H and O–H groups in total. The lowest BCUT2D eigenvalue weighted by Gasteiger charge is -2.32. The molecule has 2 aromatic rings. The topological polar surface area (TPSA) is 99.1 Å². The summed E-state index contributed by atoms with van der Waals surface area (Å²) >= 11 is 0. The number of rotatable bonds is 4. The number of nitrogens with zero attached hydrogens (tertiary/aromatic N) is 2. The zero-order valence-corrected chi connectivity index (χ0v) is 22.2. The monoisotopic (exact) mass is 515 g/mol. The number of carbonyl (C=O) groups is 2. The second-order valence-electron chi connectivity index (χ2n) is 11.5. The molecule has 1 saturated heterocycles. The van der Waals surface area contributed by atoms with Crippen molar-refractivity contribution in [2.24, 2.45) is 5.92 Å². The van der Waals surface area contributed by atoms with Gasteiger partial charge in [0, 0.05) is 29.9 Å². The van der Waals surface area contributed by atoms with Gasteiger partial charge in [-0.05, 0) is 65.5 Å². The van der Waals surface area contributed by atoms with Gasteiger partial charge in [0.15, 0.2) is 11.6 Å². The van der Waals surface area contributed by atoms with Crippen LogP contribution in [0.5, 0.6) is 5.75 Å². The number of esters is 1. The first-order chi connectivity index (χ1) is 17.4. The van der Waals surface area contributed by atoms with Crippen LogP contribution in [0.2, 0.25) is 0 Å². The molecular formula is C27H34FN3O6. The van der Waals surface area contributed by atoms with E-state index in [1.807, 2.05) is 32.6 Å². The summed E-state index contributed by atoms with van der Waals surface area (Å²) in [5, 5.41) is 3.52. The van der Waals surface area contributed by atoms with Crippen molar-refractivity contribution in [1.82, 2.24) is 9.88 Å². The molecule has 5 rings (SSSR count). The Balaban J connectivity index is 1.53. The van der Waals surface area contributed by atoms with Crippen molar-refractivity contribution in [3.8, 4) is 5.75 Å². The number of pyridine rings is 1. The number of halogens is 1. The maximum atomic E-state index is 16.0. The van der Waals surface area contributed by atoms with Gasteiger partial charge in [-0.25, -0.2) is 14.0 Å². The summed E-state index contributed by atoms with van der Waals surface area (Å²) in [4.78, 5) is 40.0. The van der Waals surface area contributed by atoms with E-state index in [1.54, 1.807) is 6.92 Å². The second kappa shape index (κ2) is 8.63. The molecule has 1 amide bonds. The van der Waals surface area contributed by atoms with Crippen molar-refractivity contribution in [3.05, 3.63) is 33.4 Å². The predicted molar refractivity (Wildman–Crippen MR) is 136 cm³/mol. The van der Waals surface area contributed by atoms with Crippen molar-refractivity contribution < 1.29 is 28.2 Å². The first-order valence-electron chi connectivity index (χ1n) is 12.8. The highest BCUT2D eigenvalue weighted by atomic mass is 19.1. The molecule has 3 aliphatic rings. The maximum absolute atomic E-state index is 16.0. The van der Waals surface area contributed by atoms with E-state index >= 15 is 4.39 Å².